The van der Waals surface area contributed by atoms with E-state index in [4.69, 9.17) is 4.74 Å². The fraction of sp³-hybridized carbons (Fsp3) is 0.519. The molecule has 1 N–H and O–H groups in total. The van der Waals surface area contributed by atoms with Crippen LogP contribution in [0.2, 0.25) is 0 Å². The van der Waals surface area contributed by atoms with Crippen LogP contribution in [-0.2, 0) is 10.9 Å². The predicted octanol–water partition coefficient (Wildman–Crippen LogP) is 4.86. The molecule has 36 heavy (non-hydrogen) atoms. The third-order valence-corrected chi connectivity index (χ3v) is 7.50. The Morgan fingerprint density at radius 1 is 0.833 bits per heavy atom. The predicted molar refractivity (Wildman–Crippen MR) is 135 cm³/mol. The molecular formula is C27H33F3N4O2. The van der Waals surface area contributed by atoms with E-state index in [-0.39, 0.29) is 5.56 Å². The minimum Gasteiger partial charge on any atom is -0.378 e. The van der Waals surface area contributed by atoms with Gasteiger partial charge in [-0.3, -0.25) is 4.79 Å². The van der Waals surface area contributed by atoms with E-state index in [1.165, 1.54) is 18.9 Å². The lowest BCUT2D eigenvalue weighted by Crippen LogP contribution is -2.44. The molecule has 0 atom stereocenters. The number of ether oxygens (including phenoxy) is 1. The molecule has 0 spiro atoms. The molecule has 0 aliphatic carbocycles. The summed E-state index contributed by atoms with van der Waals surface area (Å²) in [5, 5.41) is 2.77. The second-order valence-electron chi connectivity index (χ2n) is 9.83. The van der Waals surface area contributed by atoms with Crippen molar-refractivity contribution in [2.45, 2.75) is 37.9 Å². The number of rotatable bonds is 5. The Morgan fingerprint density at radius 3 is 2.11 bits per heavy atom. The van der Waals surface area contributed by atoms with E-state index in [1.54, 1.807) is 18.2 Å². The zero-order valence-corrected chi connectivity index (χ0v) is 20.4. The van der Waals surface area contributed by atoms with Crippen LogP contribution in [0, 0.1) is 0 Å². The Balaban J connectivity index is 1.29. The van der Waals surface area contributed by atoms with Crippen LogP contribution in [0.15, 0.2) is 42.5 Å². The van der Waals surface area contributed by atoms with E-state index in [0.717, 1.165) is 50.8 Å². The number of carbonyl (C=O) groups is 1. The third kappa shape index (κ3) is 5.78. The first-order chi connectivity index (χ1) is 17.4. The van der Waals surface area contributed by atoms with Gasteiger partial charge >= 0.3 is 6.18 Å². The molecule has 0 bridgehead atoms. The van der Waals surface area contributed by atoms with Gasteiger partial charge in [-0.25, -0.2) is 0 Å². The second-order valence-corrected chi connectivity index (χ2v) is 9.83. The number of anilines is 3. The van der Waals surface area contributed by atoms with Crippen LogP contribution in [0.25, 0.3) is 0 Å². The van der Waals surface area contributed by atoms with Gasteiger partial charge in [0.2, 0.25) is 0 Å². The first-order valence-electron chi connectivity index (χ1n) is 12.8. The number of amides is 1. The van der Waals surface area contributed by atoms with E-state index in [0.29, 0.717) is 43.7 Å². The molecule has 194 valence electrons. The van der Waals surface area contributed by atoms with E-state index in [1.807, 2.05) is 17.0 Å². The maximum absolute atomic E-state index is 13.7. The SMILES string of the molecule is O=C(Nc1ccc(N2CCOCC2)cc1)c1cc(N2CCC(N3CCCC3)CC2)cc(C(F)(F)F)c1. The van der Waals surface area contributed by atoms with Crippen LogP contribution in [0.3, 0.4) is 0 Å². The van der Waals surface area contributed by atoms with Crippen molar-refractivity contribution >= 4 is 23.0 Å². The molecule has 1 amide bonds. The Labute approximate surface area is 210 Å². The van der Waals surface area contributed by atoms with Gasteiger partial charge in [-0.2, -0.15) is 13.2 Å². The van der Waals surface area contributed by atoms with Gasteiger partial charge in [0.15, 0.2) is 0 Å². The smallest absolute Gasteiger partial charge is 0.378 e. The standard InChI is InChI=1S/C27H33F3N4O2/c28-27(29,30)21-17-20(18-25(19-21)33-11-7-24(8-12-33)32-9-1-2-10-32)26(35)31-22-3-5-23(6-4-22)34-13-15-36-16-14-34/h3-6,17-19,24H,1-2,7-16H2,(H,31,35). The number of nitrogens with one attached hydrogen (secondary N) is 1. The lowest BCUT2D eigenvalue weighted by molar-refractivity contribution is -0.137. The van der Waals surface area contributed by atoms with Gasteiger partial charge < -0.3 is 24.8 Å². The normalized spacial score (nSPS) is 20.1. The molecule has 3 saturated heterocycles. The number of carbonyl (C=O) groups excluding carboxylic acids is 1. The van der Waals surface area contributed by atoms with Gasteiger partial charge in [-0.1, -0.05) is 0 Å². The molecule has 2 aromatic rings. The van der Waals surface area contributed by atoms with E-state index in [2.05, 4.69) is 15.1 Å². The summed E-state index contributed by atoms with van der Waals surface area (Å²) < 4.78 is 46.5. The Hall–Kier alpha value is -2.78. The monoisotopic (exact) mass is 502 g/mol. The van der Waals surface area contributed by atoms with Crippen molar-refractivity contribution in [3.8, 4) is 0 Å². The molecule has 5 rings (SSSR count). The van der Waals surface area contributed by atoms with Crippen molar-refractivity contribution in [1.29, 1.82) is 0 Å². The van der Waals surface area contributed by atoms with Crippen molar-refractivity contribution in [2.75, 3.05) is 67.6 Å². The fourth-order valence-corrected chi connectivity index (χ4v) is 5.46. The van der Waals surface area contributed by atoms with Gasteiger partial charge in [-0.05, 0) is 81.2 Å². The molecule has 3 aliphatic heterocycles. The van der Waals surface area contributed by atoms with Gasteiger partial charge in [0.25, 0.3) is 5.91 Å². The number of hydrogen-bond acceptors (Lipinski definition) is 5. The largest absolute Gasteiger partial charge is 0.416 e. The van der Waals surface area contributed by atoms with Crippen LogP contribution in [-0.4, -0.2) is 69.3 Å². The van der Waals surface area contributed by atoms with Crippen molar-refractivity contribution in [1.82, 2.24) is 4.90 Å². The average molecular weight is 503 g/mol. The summed E-state index contributed by atoms with van der Waals surface area (Å²) in [6, 6.07) is 11.6. The number of alkyl halides is 3. The minimum absolute atomic E-state index is 0.0127. The van der Waals surface area contributed by atoms with E-state index < -0.39 is 17.6 Å². The molecule has 0 aromatic heterocycles. The van der Waals surface area contributed by atoms with Gasteiger partial charge in [0.1, 0.15) is 0 Å². The van der Waals surface area contributed by atoms with Crippen LogP contribution in [0.5, 0.6) is 0 Å². The Bertz CT molecular complexity index is 1040. The number of piperidine rings is 1. The zero-order chi connectivity index (χ0) is 25.1. The van der Waals surface area contributed by atoms with Gasteiger partial charge in [0, 0.05) is 54.8 Å². The number of hydrogen-bond donors (Lipinski definition) is 1. The number of likely N-dealkylation sites (tertiary alicyclic amines) is 1. The topological polar surface area (TPSA) is 48.1 Å². The highest BCUT2D eigenvalue weighted by Gasteiger charge is 2.33. The maximum atomic E-state index is 13.7. The summed E-state index contributed by atoms with van der Waals surface area (Å²) in [6.45, 7) is 6.55. The minimum atomic E-state index is -4.53. The molecule has 2 aromatic carbocycles. The summed E-state index contributed by atoms with van der Waals surface area (Å²) in [5.74, 6) is -0.548. The van der Waals surface area contributed by atoms with Crippen molar-refractivity contribution in [2.24, 2.45) is 0 Å². The summed E-state index contributed by atoms with van der Waals surface area (Å²) in [6.07, 6.45) is -0.232. The molecule has 0 saturated carbocycles. The second kappa shape index (κ2) is 10.7. The number of morpholine rings is 1. The molecule has 6 nitrogen and oxygen atoms in total. The summed E-state index contributed by atoms with van der Waals surface area (Å²) >= 11 is 0. The molecule has 0 radical (unpaired) electrons. The summed E-state index contributed by atoms with van der Waals surface area (Å²) in [7, 11) is 0. The fourth-order valence-electron chi connectivity index (χ4n) is 5.46. The average Bonchev–Trinajstić information content (AvgIpc) is 3.44. The number of benzene rings is 2. The highest BCUT2D eigenvalue weighted by molar-refractivity contribution is 6.05. The third-order valence-electron chi connectivity index (χ3n) is 7.50. The first kappa shape index (κ1) is 24.9. The molecule has 3 heterocycles. The molecule has 3 aliphatic rings. The maximum Gasteiger partial charge on any atom is 0.416 e. The van der Waals surface area contributed by atoms with Crippen molar-refractivity contribution in [3.63, 3.8) is 0 Å². The number of nitrogens with zero attached hydrogens (tertiary/aromatic N) is 3. The summed E-state index contributed by atoms with van der Waals surface area (Å²) in [5.41, 5.74) is 1.24. The lowest BCUT2D eigenvalue weighted by atomic mass is 10.0. The molecule has 0 unspecified atom stereocenters. The highest BCUT2D eigenvalue weighted by atomic mass is 19.4. The molecule has 3 fully saturated rings. The van der Waals surface area contributed by atoms with E-state index in [9.17, 15) is 18.0 Å². The van der Waals surface area contributed by atoms with Crippen molar-refractivity contribution in [3.05, 3.63) is 53.6 Å². The first-order valence-corrected chi connectivity index (χ1v) is 12.8. The zero-order valence-electron chi connectivity index (χ0n) is 20.4. The van der Waals surface area contributed by atoms with Gasteiger partial charge in [-0.15, -0.1) is 0 Å². The molecular weight excluding hydrogens is 469 g/mol. The number of halogens is 3. The van der Waals surface area contributed by atoms with Crippen LogP contribution in [0.1, 0.15) is 41.6 Å². The highest BCUT2D eigenvalue weighted by Crippen LogP contribution is 2.34. The molecule has 9 heteroatoms. The Kier molecular flexibility index (Phi) is 7.39. The van der Waals surface area contributed by atoms with Crippen LogP contribution >= 0.6 is 0 Å². The lowest BCUT2D eigenvalue weighted by Gasteiger charge is -2.38. The van der Waals surface area contributed by atoms with Gasteiger partial charge in [0.05, 0.1) is 18.8 Å². The van der Waals surface area contributed by atoms with Crippen molar-refractivity contribution < 1.29 is 22.7 Å². The van der Waals surface area contributed by atoms with Crippen LogP contribution < -0.4 is 15.1 Å². The van der Waals surface area contributed by atoms with Crippen LogP contribution in [0.4, 0.5) is 30.2 Å². The quantitative estimate of drug-likeness (QED) is 0.633. The Morgan fingerprint density at radius 2 is 1.47 bits per heavy atom. The van der Waals surface area contributed by atoms with E-state index >= 15 is 0 Å². The summed E-state index contributed by atoms with van der Waals surface area (Å²) in [4.78, 5) is 19.7.